The third kappa shape index (κ3) is 7.75. The van der Waals surface area contributed by atoms with Crippen LogP contribution in [0.4, 0.5) is 0 Å². The van der Waals surface area contributed by atoms with Crippen LogP contribution < -0.4 is 10.6 Å². The molecule has 19 heavy (non-hydrogen) atoms. The molecule has 2 unspecified atom stereocenters. The molecule has 0 radical (unpaired) electrons. The molecule has 1 aliphatic rings. The van der Waals surface area contributed by atoms with Crippen molar-refractivity contribution in [2.45, 2.75) is 52.1 Å². The Balaban J connectivity index is 0.00000324. The van der Waals surface area contributed by atoms with Gasteiger partial charge in [0.2, 0.25) is 5.91 Å². The summed E-state index contributed by atoms with van der Waals surface area (Å²) in [5.41, 5.74) is 0. The van der Waals surface area contributed by atoms with E-state index in [1.165, 1.54) is 32.1 Å². The topological polar surface area (TPSA) is 50.4 Å². The summed E-state index contributed by atoms with van der Waals surface area (Å²) in [4.78, 5) is 11.9. The van der Waals surface area contributed by atoms with Crippen LogP contribution in [0.15, 0.2) is 0 Å². The number of ether oxygens (including phenoxy) is 1. The van der Waals surface area contributed by atoms with Crippen molar-refractivity contribution in [2.75, 3.05) is 26.2 Å². The van der Waals surface area contributed by atoms with E-state index in [2.05, 4.69) is 24.5 Å². The maximum absolute atomic E-state index is 11.9. The van der Waals surface area contributed by atoms with Crippen LogP contribution in [0.3, 0.4) is 0 Å². The van der Waals surface area contributed by atoms with Crippen molar-refractivity contribution >= 4 is 18.3 Å². The third-order valence-electron chi connectivity index (χ3n) is 3.45. The van der Waals surface area contributed by atoms with E-state index in [0.717, 1.165) is 13.1 Å². The van der Waals surface area contributed by atoms with Crippen LogP contribution in [-0.2, 0) is 9.53 Å². The van der Waals surface area contributed by atoms with Crippen molar-refractivity contribution in [3.63, 3.8) is 0 Å². The van der Waals surface area contributed by atoms with Gasteiger partial charge in [-0.05, 0) is 18.8 Å². The summed E-state index contributed by atoms with van der Waals surface area (Å²) < 4.78 is 5.44. The fraction of sp³-hybridized carbons (Fsp3) is 0.929. The van der Waals surface area contributed by atoms with E-state index >= 15 is 0 Å². The summed E-state index contributed by atoms with van der Waals surface area (Å²) >= 11 is 0. The van der Waals surface area contributed by atoms with Gasteiger partial charge in [0.05, 0.1) is 6.61 Å². The number of carbonyl (C=O) groups excluding carboxylic acids is 1. The Kier molecular flexibility index (Phi) is 11.3. The van der Waals surface area contributed by atoms with Crippen LogP contribution in [-0.4, -0.2) is 38.3 Å². The molecule has 1 aliphatic heterocycles. The molecule has 0 aromatic heterocycles. The first-order chi connectivity index (χ1) is 8.77. The first-order valence-corrected chi connectivity index (χ1v) is 7.38. The molecule has 2 atom stereocenters. The Labute approximate surface area is 123 Å². The Morgan fingerprint density at radius 2 is 2.16 bits per heavy atom. The van der Waals surface area contributed by atoms with Gasteiger partial charge in [0.1, 0.15) is 6.10 Å². The van der Waals surface area contributed by atoms with E-state index in [4.69, 9.17) is 4.74 Å². The molecule has 5 heteroatoms. The summed E-state index contributed by atoms with van der Waals surface area (Å²) in [6, 6.07) is 0. The number of hydrogen-bond donors (Lipinski definition) is 2. The number of rotatable bonds is 8. The fourth-order valence-electron chi connectivity index (χ4n) is 2.34. The van der Waals surface area contributed by atoms with Gasteiger partial charge < -0.3 is 15.4 Å². The number of carbonyl (C=O) groups is 1. The molecule has 0 saturated carbocycles. The average Bonchev–Trinajstić information content (AvgIpc) is 2.42. The predicted octanol–water partition coefficient (Wildman–Crippen LogP) is 2.12. The Morgan fingerprint density at radius 3 is 2.74 bits per heavy atom. The van der Waals surface area contributed by atoms with Gasteiger partial charge in [-0.25, -0.2) is 0 Å². The molecule has 1 heterocycles. The highest BCUT2D eigenvalue weighted by Gasteiger charge is 2.22. The molecule has 2 N–H and O–H groups in total. The standard InChI is InChI=1S/C14H28N2O2.ClH/c1-3-5-7-12(6-4-2)10-16-14(17)13-11-15-8-9-18-13;/h12-13,15H,3-11H2,1-2H3,(H,16,17);1H. The highest BCUT2D eigenvalue weighted by atomic mass is 35.5. The molecular formula is C14H29ClN2O2. The molecule has 0 spiro atoms. The second kappa shape index (κ2) is 11.5. The van der Waals surface area contributed by atoms with Gasteiger partial charge in [-0.2, -0.15) is 0 Å². The Hall–Kier alpha value is -0.320. The molecule has 1 saturated heterocycles. The number of morpholine rings is 1. The quantitative estimate of drug-likeness (QED) is 0.720. The van der Waals surface area contributed by atoms with Crippen LogP contribution >= 0.6 is 12.4 Å². The predicted molar refractivity (Wildman–Crippen MR) is 80.8 cm³/mol. The number of amides is 1. The zero-order chi connectivity index (χ0) is 13.2. The highest BCUT2D eigenvalue weighted by Crippen LogP contribution is 2.14. The van der Waals surface area contributed by atoms with Gasteiger partial charge in [-0.15, -0.1) is 12.4 Å². The van der Waals surface area contributed by atoms with E-state index in [1.54, 1.807) is 0 Å². The van der Waals surface area contributed by atoms with Crippen LogP contribution in [0.25, 0.3) is 0 Å². The van der Waals surface area contributed by atoms with Gasteiger partial charge in [0.15, 0.2) is 0 Å². The molecule has 0 aromatic carbocycles. The van der Waals surface area contributed by atoms with Gasteiger partial charge >= 0.3 is 0 Å². The van der Waals surface area contributed by atoms with Crippen molar-refractivity contribution in [1.29, 1.82) is 0 Å². The smallest absolute Gasteiger partial charge is 0.250 e. The molecule has 0 aromatic rings. The maximum atomic E-state index is 11.9. The summed E-state index contributed by atoms with van der Waals surface area (Å²) in [6.45, 7) is 7.33. The molecular weight excluding hydrogens is 264 g/mol. The van der Waals surface area contributed by atoms with Crippen LogP contribution in [0, 0.1) is 5.92 Å². The van der Waals surface area contributed by atoms with E-state index < -0.39 is 0 Å². The monoisotopic (exact) mass is 292 g/mol. The van der Waals surface area contributed by atoms with E-state index in [1.807, 2.05) is 0 Å². The lowest BCUT2D eigenvalue weighted by Gasteiger charge is -2.24. The van der Waals surface area contributed by atoms with Crippen molar-refractivity contribution in [3.05, 3.63) is 0 Å². The minimum absolute atomic E-state index is 0. The van der Waals surface area contributed by atoms with E-state index in [9.17, 15) is 4.79 Å². The largest absolute Gasteiger partial charge is 0.366 e. The molecule has 1 rings (SSSR count). The normalized spacial score (nSPS) is 20.4. The fourth-order valence-corrected chi connectivity index (χ4v) is 2.34. The van der Waals surface area contributed by atoms with Crippen LogP contribution in [0.5, 0.6) is 0 Å². The first kappa shape index (κ1) is 18.7. The second-order valence-electron chi connectivity index (χ2n) is 5.11. The van der Waals surface area contributed by atoms with Crippen LogP contribution in [0.2, 0.25) is 0 Å². The zero-order valence-corrected chi connectivity index (χ0v) is 13.1. The van der Waals surface area contributed by atoms with Crippen molar-refractivity contribution in [1.82, 2.24) is 10.6 Å². The zero-order valence-electron chi connectivity index (χ0n) is 12.2. The number of halogens is 1. The number of nitrogens with one attached hydrogen (secondary N) is 2. The molecule has 1 amide bonds. The average molecular weight is 293 g/mol. The van der Waals surface area contributed by atoms with Gasteiger partial charge in [-0.1, -0.05) is 33.1 Å². The summed E-state index contributed by atoms with van der Waals surface area (Å²) in [7, 11) is 0. The number of hydrogen-bond acceptors (Lipinski definition) is 3. The molecule has 0 aliphatic carbocycles. The van der Waals surface area contributed by atoms with Gasteiger partial charge in [0, 0.05) is 19.6 Å². The minimum Gasteiger partial charge on any atom is -0.366 e. The summed E-state index contributed by atoms with van der Waals surface area (Å²) in [5, 5.41) is 6.22. The van der Waals surface area contributed by atoms with Gasteiger partial charge in [0.25, 0.3) is 0 Å². The lowest BCUT2D eigenvalue weighted by molar-refractivity contribution is -0.134. The molecule has 4 nitrogen and oxygen atoms in total. The molecule has 1 fully saturated rings. The lowest BCUT2D eigenvalue weighted by atomic mass is 9.97. The van der Waals surface area contributed by atoms with Crippen molar-refractivity contribution in [2.24, 2.45) is 5.92 Å². The lowest BCUT2D eigenvalue weighted by Crippen LogP contribution is -2.48. The van der Waals surface area contributed by atoms with E-state index in [-0.39, 0.29) is 24.4 Å². The van der Waals surface area contributed by atoms with Crippen molar-refractivity contribution in [3.8, 4) is 0 Å². The highest BCUT2D eigenvalue weighted by molar-refractivity contribution is 5.85. The first-order valence-electron chi connectivity index (χ1n) is 7.38. The second-order valence-corrected chi connectivity index (χ2v) is 5.11. The number of unbranched alkanes of at least 4 members (excludes halogenated alkanes) is 1. The molecule has 0 bridgehead atoms. The Morgan fingerprint density at radius 1 is 1.37 bits per heavy atom. The van der Waals surface area contributed by atoms with Gasteiger partial charge in [-0.3, -0.25) is 4.79 Å². The SMILES string of the molecule is CCCCC(CCC)CNC(=O)C1CNCCO1.Cl. The summed E-state index contributed by atoms with van der Waals surface area (Å²) in [5.74, 6) is 0.662. The van der Waals surface area contributed by atoms with E-state index in [0.29, 0.717) is 19.1 Å². The molecule has 114 valence electrons. The Bertz CT molecular complexity index is 233. The van der Waals surface area contributed by atoms with Crippen molar-refractivity contribution < 1.29 is 9.53 Å². The summed E-state index contributed by atoms with van der Waals surface area (Å²) in [6.07, 6.45) is 5.78. The minimum atomic E-state index is -0.299. The van der Waals surface area contributed by atoms with Crippen LogP contribution in [0.1, 0.15) is 46.0 Å². The maximum Gasteiger partial charge on any atom is 0.250 e. The third-order valence-corrected chi connectivity index (χ3v) is 3.45.